The zero-order valence-corrected chi connectivity index (χ0v) is 22.2. The summed E-state index contributed by atoms with van der Waals surface area (Å²) < 4.78 is 19.1. The average Bonchev–Trinajstić information content (AvgIpc) is 2.94. The Morgan fingerprint density at radius 2 is 1.55 bits per heavy atom. The van der Waals surface area contributed by atoms with Gasteiger partial charge in [-0.2, -0.15) is 0 Å². The highest BCUT2D eigenvalue weighted by Crippen LogP contribution is 2.32. The number of methoxy groups -OCH3 is 3. The summed E-state index contributed by atoms with van der Waals surface area (Å²) in [5.41, 5.74) is 2.94. The first-order chi connectivity index (χ1) is 18.6. The number of hydrogen-bond donors (Lipinski definition) is 4. The van der Waals surface area contributed by atoms with Gasteiger partial charge in [0, 0.05) is 48.1 Å². The molecule has 0 aliphatic heterocycles. The Labute approximate surface area is 225 Å². The second-order valence-electron chi connectivity index (χ2n) is 8.09. The second-order valence-corrected chi connectivity index (χ2v) is 8.97. The number of nitrogens with zero attached hydrogens (tertiary/aromatic N) is 2. The molecule has 3 aromatic carbocycles. The Morgan fingerprint density at radius 1 is 0.842 bits per heavy atom. The molecular formula is C27H30N6O4S. The first-order valence-electron chi connectivity index (χ1n) is 11.9. The fourth-order valence-electron chi connectivity index (χ4n) is 3.50. The number of ether oxygens (including phenoxy) is 3. The van der Waals surface area contributed by atoms with Gasteiger partial charge in [-0.25, -0.2) is 9.97 Å². The molecule has 1 heterocycles. The monoisotopic (exact) mass is 534 g/mol. The molecule has 4 aromatic rings. The third-order valence-electron chi connectivity index (χ3n) is 5.34. The zero-order valence-electron chi connectivity index (χ0n) is 21.4. The molecule has 0 spiro atoms. The summed E-state index contributed by atoms with van der Waals surface area (Å²) in [5.74, 6) is 2.26. The van der Waals surface area contributed by atoms with E-state index in [2.05, 4.69) is 20.7 Å². The maximum Gasteiger partial charge on any atom is 0.238 e. The van der Waals surface area contributed by atoms with Gasteiger partial charge in [0.15, 0.2) is 11.6 Å². The Balaban J connectivity index is 1.51. The van der Waals surface area contributed by atoms with Crippen LogP contribution < -0.4 is 30.1 Å². The van der Waals surface area contributed by atoms with Crippen molar-refractivity contribution in [3.8, 4) is 11.5 Å². The summed E-state index contributed by atoms with van der Waals surface area (Å²) in [5, 5.41) is 9.26. The molecule has 38 heavy (non-hydrogen) atoms. The van der Waals surface area contributed by atoms with Crippen LogP contribution in [-0.2, 0) is 9.53 Å². The van der Waals surface area contributed by atoms with Crippen LogP contribution in [0.3, 0.4) is 0 Å². The van der Waals surface area contributed by atoms with Gasteiger partial charge >= 0.3 is 0 Å². The van der Waals surface area contributed by atoms with E-state index >= 15 is 0 Å². The van der Waals surface area contributed by atoms with Gasteiger partial charge in [0.1, 0.15) is 11.5 Å². The number of amides is 1. The summed E-state index contributed by atoms with van der Waals surface area (Å²) in [6.45, 7) is 1.36. The predicted molar refractivity (Wildman–Crippen MR) is 152 cm³/mol. The van der Waals surface area contributed by atoms with Gasteiger partial charge < -0.3 is 34.9 Å². The van der Waals surface area contributed by atoms with Crippen LogP contribution in [0.5, 0.6) is 11.5 Å². The molecule has 11 heteroatoms. The van der Waals surface area contributed by atoms with E-state index in [1.165, 1.54) is 11.9 Å². The number of carbonyl (C=O) groups excluding carboxylic acids is 1. The van der Waals surface area contributed by atoms with E-state index in [0.717, 1.165) is 21.6 Å². The van der Waals surface area contributed by atoms with Crippen LogP contribution in [0.25, 0.3) is 11.0 Å². The molecule has 1 aromatic heterocycles. The topological polar surface area (TPSA) is 119 Å². The normalized spacial score (nSPS) is 10.7. The van der Waals surface area contributed by atoms with E-state index in [-0.39, 0.29) is 12.5 Å². The minimum absolute atomic E-state index is 0.128. The highest BCUT2D eigenvalue weighted by Gasteiger charge is 2.12. The van der Waals surface area contributed by atoms with Crippen molar-refractivity contribution in [1.82, 2.24) is 15.3 Å². The molecule has 0 aliphatic rings. The number of hydrogen-bond acceptors (Lipinski definition) is 10. The Hall–Kier alpha value is -4.06. The maximum atomic E-state index is 12.2. The number of carbonyl (C=O) groups is 1. The molecule has 198 valence electrons. The van der Waals surface area contributed by atoms with Crippen molar-refractivity contribution in [2.45, 2.75) is 4.90 Å². The van der Waals surface area contributed by atoms with E-state index < -0.39 is 0 Å². The van der Waals surface area contributed by atoms with Gasteiger partial charge in [0.05, 0.1) is 38.4 Å². The number of benzene rings is 3. The molecule has 1 amide bonds. The Kier molecular flexibility index (Phi) is 9.57. The summed E-state index contributed by atoms with van der Waals surface area (Å²) in [7, 11) is 4.83. The zero-order chi connectivity index (χ0) is 26.7. The van der Waals surface area contributed by atoms with Crippen molar-refractivity contribution in [1.29, 1.82) is 0 Å². The molecule has 0 fully saturated rings. The minimum Gasteiger partial charge on any atom is -0.497 e. The fraction of sp³-hybridized carbons (Fsp3) is 0.222. The standard InChI is InChI=1S/C27H30N6O4S/c1-35-12-11-28-17-25(34)29-18-7-6-8-22(15-18)38-33-27-26(31-23-9-4-5-10-24(23)32-27)30-19-13-20(36-2)16-21(14-19)37-3/h4-10,13-16,28H,11-12,17H2,1-3H3,(H,29,34)(H,30,31)(H,32,33). The van der Waals surface area contributed by atoms with Crippen molar-refractivity contribution < 1.29 is 19.0 Å². The lowest BCUT2D eigenvalue weighted by Gasteiger charge is -2.15. The molecule has 0 atom stereocenters. The van der Waals surface area contributed by atoms with E-state index in [1.807, 2.05) is 60.7 Å². The van der Waals surface area contributed by atoms with Crippen molar-refractivity contribution in [3.05, 3.63) is 66.7 Å². The molecule has 0 saturated carbocycles. The second kappa shape index (κ2) is 13.5. The largest absolute Gasteiger partial charge is 0.497 e. The number of para-hydroxylation sites is 2. The maximum absolute atomic E-state index is 12.2. The van der Waals surface area contributed by atoms with Gasteiger partial charge in [-0.15, -0.1) is 0 Å². The van der Waals surface area contributed by atoms with Gasteiger partial charge in [-0.3, -0.25) is 4.79 Å². The highest BCUT2D eigenvalue weighted by molar-refractivity contribution is 8.00. The van der Waals surface area contributed by atoms with Crippen molar-refractivity contribution >= 4 is 51.9 Å². The molecule has 0 unspecified atom stereocenters. The summed E-state index contributed by atoms with van der Waals surface area (Å²) in [4.78, 5) is 22.7. The molecular weight excluding hydrogens is 504 g/mol. The van der Waals surface area contributed by atoms with Crippen molar-refractivity contribution in [2.75, 3.05) is 56.4 Å². The number of nitrogens with one attached hydrogen (secondary N) is 4. The van der Waals surface area contributed by atoms with Crippen LogP contribution in [0, 0.1) is 0 Å². The van der Waals surface area contributed by atoms with Crippen LogP contribution in [0.4, 0.5) is 23.0 Å². The molecule has 4 rings (SSSR count). The van der Waals surface area contributed by atoms with E-state index in [9.17, 15) is 4.79 Å². The number of anilines is 4. The first kappa shape index (κ1) is 27.0. The van der Waals surface area contributed by atoms with Crippen LogP contribution in [0.2, 0.25) is 0 Å². The van der Waals surface area contributed by atoms with E-state index in [4.69, 9.17) is 24.2 Å². The highest BCUT2D eigenvalue weighted by atomic mass is 32.2. The van der Waals surface area contributed by atoms with Crippen LogP contribution in [-0.4, -0.2) is 56.9 Å². The van der Waals surface area contributed by atoms with Gasteiger partial charge in [-0.1, -0.05) is 18.2 Å². The Bertz CT molecular complexity index is 1360. The van der Waals surface area contributed by atoms with E-state index in [0.29, 0.717) is 42.0 Å². The molecule has 0 bridgehead atoms. The molecule has 0 saturated heterocycles. The average molecular weight is 535 g/mol. The molecule has 10 nitrogen and oxygen atoms in total. The smallest absolute Gasteiger partial charge is 0.238 e. The summed E-state index contributed by atoms with van der Waals surface area (Å²) in [6.07, 6.45) is 0. The number of rotatable bonds is 13. The fourth-order valence-corrected chi connectivity index (χ4v) is 4.19. The quantitative estimate of drug-likeness (QED) is 0.142. The van der Waals surface area contributed by atoms with Gasteiger partial charge in [-0.05, 0) is 42.3 Å². The first-order valence-corrected chi connectivity index (χ1v) is 12.7. The lowest BCUT2D eigenvalue weighted by molar-refractivity contribution is -0.115. The van der Waals surface area contributed by atoms with Crippen molar-refractivity contribution in [2.24, 2.45) is 0 Å². The molecule has 0 aliphatic carbocycles. The lowest BCUT2D eigenvalue weighted by Crippen LogP contribution is -2.30. The van der Waals surface area contributed by atoms with Crippen LogP contribution >= 0.6 is 11.9 Å². The Morgan fingerprint density at radius 3 is 2.24 bits per heavy atom. The number of fused-ring (bicyclic) bond motifs is 1. The SMILES string of the molecule is COCCNCC(=O)Nc1cccc(SNc2nc3ccccc3nc2Nc2cc(OC)cc(OC)c2)c1. The summed E-state index contributed by atoms with van der Waals surface area (Å²) >= 11 is 1.36. The predicted octanol–water partition coefficient (Wildman–Crippen LogP) is 4.68. The summed E-state index contributed by atoms with van der Waals surface area (Å²) in [6, 6.07) is 20.7. The number of aromatic nitrogens is 2. The third-order valence-corrected chi connectivity index (χ3v) is 6.12. The third kappa shape index (κ3) is 7.48. The molecule has 4 N–H and O–H groups in total. The lowest BCUT2D eigenvalue weighted by atomic mass is 10.2. The molecule has 0 radical (unpaired) electrons. The van der Waals surface area contributed by atoms with Crippen LogP contribution in [0.15, 0.2) is 71.6 Å². The van der Waals surface area contributed by atoms with Gasteiger partial charge in [0.25, 0.3) is 0 Å². The minimum atomic E-state index is -0.128. The van der Waals surface area contributed by atoms with Gasteiger partial charge in [0.2, 0.25) is 5.91 Å². The van der Waals surface area contributed by atoms with Crippen LogP contribution in [0.1, 0.15) is 0 Å². The van der Waals surface area contributed by atoms with E-state index in [1.54, 1.807) is 27.4 Å². The van der Waals surface area contributed by atoms with Crippen molar-refractivity contribution in [3.63, 3.8) is 0 Å².